The van der Waals surface area contributed by atoms with Crippen molar-refractivity contribution in [1.82, 2.24) is 10.2 Å². The molecule has 0 saturated carbocycles. The van der Waals surface area contributed by atoms with Crippen molar-refractivity contribution >= 4 is 0 Å². The molecule has 1 heterocycles. The highest BCUT2D eigenvalue weighted by Gasteiger charge is 2.37. The minimum atomic E-state index is 0.352. The van der Waals surface area contributed by atoms with E-state index in [9.17, 15) is 0 Å². The predicted molar refractivity (Wildman–Crippen MR) is 94.9 cm³/mol. The summed E-state index contributed by atoms with van der Waals surface area (Å²) in [7, 11) is 0. The largest absolute Gasteiger partial charge is 0.308 e. The van der Waals surface area contributed by atoms with Crippen LogP contribution in [-0.4, -0.2) is 36.1 Å². The van der Waals surface area contributed by atoms with Gasteiger partial charge in [-0.05, 0) is 31.1 Å². The van der Waals surface area contributed by atoms with Crippen LogP contribution >= 0.6 is 0 Å². The van der Waals surface area contributed by atoms with E-state index in [0.717, 1.165) is 6.04 Å². The number of unbranched alkanes of at least 4 members (excludes halogenated alkanes) is 2. The zero-order chi connectivity index (χ0) is 15.9. The zero-order valence-corrected chi connectivity index (χ0v) is 15.6. The summed E-state index contributed by atoms with van der Waals surface area (Å²) >= 11 is 0. The molecule has 2 heteroatoms. The van der Waals surface area contributed by atoms with Crippen molar-refractivity contribution in [2.45, 2.75) is 98.1 Å². The second kappa shape index (κ2) is 8.53. The lowest BCUT2D eigenvalue weighted by Gasteiger charge is -2.49. The first-order valence-electron chi connectivity index (χ1n) is 9.41. The van der Waals surface area contributed by atoms with E-state index in [1.165, 1.54) is 64.6 Å². The third kappa shape index (κ3) is 5.56. The summed E-state index contributed by atoms with van der Waals surface area (Å²) < 4.78 is 0. The molecule has 126 valence electrons. The molecule has 1 rings (SSSR count). The Bertz CT molecular complexity index is 281. The van der Waals surface area contributed by atoms with Gasteiger partial charge in [0.25, 0.3) is 0 Å². The molecule has 0 amide bonds. The molecule has 0 aliphatic carbocycles. The van der Waals surface area contributed by atoms with Crippen LogP contribution in [0.25, 0.3) is 0 Å². The van der Waals surface area contributed by atoms with Crippen LogP contribution < -0.4 is 5.32 Å². The van der Waals surface area contributed by atoms with Gasteiger partial charge < -0.3 is 5.32 Å². The minimum Gasteiger partial charge on any atom is -0.308 e. The third-order valence-electron chi connectivity index (χ3n) is 5.65. The SMILES string of the molecule is CCCCCC(C)(C)CN1CC(CC)(CC)NCC1CC. The van der Waals surface area contributed by atoms with Gasteiger partial charge in [-0.2, -0.15) is 0 Å². The Kier molecular flexibility index (Phi) is 7.70. The lowest BCUT2D eigenvalue weighted by Crippen LogP contribution is -2.64. The molecule has 0 aromatic rings. The Labute approximate surface area is 134 Å². The fraction of sp³-hybridized carbons (Fsp3) is 1.00. The van der Waals surface area contributed by atoms with Crippen molar-refractivity contribution in [2.24, 2.45) is 5.41 Å². The van der Waals surface area contributed by atoms with E-state index < -0.39 is 0 Å². The lowest BCUT2D eigenvalue weighted by atomic mass is 9.83. The van der Waals surface area contributed by atoms with E-state index in [4.69, 9.17) is 0 Å². The molecule has 1 aliphatic heterocycles. The Morgan fingerprint density at radius 2 is 1.76 bits per heavy atom. The number of hydrogen-bond acceptors (Lipinski definition) is 2. The molecule has 1 fully saturated rings. The van der Waals surface area contributed by atoms with E-state index in [1.807, 2.05) is 0 Å². The van der Waals surface area contributed by atoms with Crippen molar-refractivity contribution in [3.05, 3.63) is 0 Å². The number of rotatable bonds is 9. The molecule has 1 atom stereocenters. The van der Waals surface area contributed by atoms with Gasteiger partial charge in [0.15, 0.2) is 0 Å². The van der Waals surface area contributed by atoms with E-state index in [0.29, 0.717) is 11.0 Å². The summed E-state index contributed by atoms with van der Waals surface area (Å²) in [5.41, 5.74) is 0.804. The predicted octanol–water partition coefficient (Wildman–Crippen LogP) is 4.84. The van der Waals surface area contributed by atoms with Gasteiger partial charge in [0.2, 0.25) is 0 Å². The fourth-order valence-electron chi connectivity index (χ4n) is 3.83. The van der Waals surface area contributed by atoms with Crippen LogP contribution in [0.1, 0.15) is 86.5 Å². The Balaban J connectivity index is 2.66. The molecular weight excluding hydrogens is 256 g/mol. The van der Waals surface area contributed by atoms with Gasteiger partial charge >= 0.3 is 0 Å². The molecule has 0 radical (unpaired) electrons. The molecule has 0 spiro atoms. The standard InChI is InChI=1S/C19H40N2/c1-7-11-12-13-18(5,6)15-21-16-19(9-3,10-4)20-14-17(21)8-2/h17,20H,7-16H2,1-6H3. The van der Waals surface area contributed by atoms with Gasteiger partial charge in [-0.1, -0.05) is 60.8 Å². The van der Waals surface area contributed by atoms with Crippen LogP contribution in [0.4, 0.5) is 0 Å². The molecule has 1 saturated heterocycles. The molecule has 2 nitrogen and oxygen atoms in total. The second-order valence-corrected chi connectivity index (χ2v) is 7.96. The van der Waals surface area contributed by atoms with Crippen molar-refractivity contribution in [2.75, 3.05) is 19.6 Å². The highest BCUT2D eigenvalue weighted by atomic mass is 15.3. The van der Waals surface area contributed by atoms with Crippen LogP contribution in [0, 0.1) is 5.41 Å². The van der Waals surface area contributed by atoms with Crippen LogP contribution in [0.3, 0.4) is 0 Å². The molecular formula is C19H40N2. The first-order valence-corrected chi connectivity index (χ1v) is 9.41. The van der Waals surface area contributed by atoms with E-state index in [1.54, 1.807) is 0 Å². The second-order valence-electron chi connectivity index (χ2n) is 7.96. The maximum absolute atomic E-state index is 3.86. The average molecular weight is 297 g/mol. The van der Waals surface area contributed by atoms with Gasteiger partial charge in [-0.15, -0.1) is 0 Å². The van der Waals surface area contributed by atoms with Gasteiger partial charge in [-0.25, -0.2) is 0 Å². The topological polar surface area (TPSA) is 15.3 Å². The first-order chi connectivity index (χ1) is 9.92. The highest BCUT2D eigenvalue weighted by molar-refractivity contribution is 4.97. The fourth-order valence-corrected chi connectivity index (χ4v) is 3.83. The third-order valence-corrected chi connectivity index (χ3v) is 5.65. The van der Waals surface area contributed by atoms with E-state index in [-0.39, 0.29) is 0 Å². The summed E-state index contributed by atoms with van der Waals surface area (Å²) in [6.07, 6.45) is 9.22. The Hall–Kier alpha value is -0.0800. The summed E-state index contributed by atoms with van der Waals surface area (Å²) in [4.78, 5) is 2.80. The Morgan fingerprint density at radius 3 is 2.29 bits per heavy atom. The quantitative estimate of drug-likeness (QED) is 0.613. The smallest absolute Gasteiger partial charge is 0.0304 e. The number of nitrogens with zero attached hydrogens (tertiary/aromatic N) is 1. The number of piperazine rings is 1. The lowest BCUT2D eigenvalue weighted by molar-refractivity contribution is 0.0377. The summed E-state index contributed by atoms with van der Waals surface area (Å²) in [5, 5.41) is 3.86. The zero-order valence-electron chi connectivity index (χ0n) is 15.6. The molecule has 1 N–H and O–H groups in total. The number of nitrogens with one attached hydrogen (secondary N) is 1. The molecule has 21 heavy (non-hydrogen) atoms. The van der Waals surface area contributed by atoms with Gasteiger partial charge in [0, 0.05) is 31.2 Å². The number of hydrogen-bond donors (Lipinski definition) is 1. The van der Waals surface area contributed by atoms with Crippen LogP contribution in [0.15, 0.2) is 0 Å². The van der Waals surface area contributed by atoms with Crippen LogP contribution in [0.2, 0.25) is 0 Å². The minimum absolute atomic E-state index is 0.352. The monoisotopic (exact) mass is 296 g/mol. The van der Waals surface area contributed by atoms with Crippen molar-refractivity contribution in [3.63, 3.8) is 0 Å². The van der Waals surface area contributed by atoms with Crippen molar-refractivity contribution < 1.29 is 0 Å². The average Bonchev–Trinajstić information content (AvgIpc) is 2.46. The maximum Gasteiger partial charge on any atom is 0.0304 e. The first kappa shape index (κ1) is 19.0. The van der Waals surface area contributed by atoms with Gasteiger partial charge in [0.05, 0.1) is 0 Å². The maximum atomic E-state index is 3.86. The molecule has 0 bridgehead atoms. The highest BCUT2D eigenvalue weighted by Crippen LogP contribution is 2.30. The Morgan fingerprint density at radius 1 is 1.10 bits per heavy atom. The molecule has 1 aliphatic rings. The van der Waals surface area contributed by atoms with Crippen molar-refractivity contribution in [1.29, 1.82) is 0 Å². The van der Waals surface area contributed by atoms with Gasteiger partial charge in [-0.3, -0.25) is 4.90 Å². The summed E-state index contributed by atoms with van der Waals surface area (Å²) in [6, 6.07) is 0.724. The normalized spacial score (nSPS) is 23.4. The van der Waals surface area contributed by atoms with Crippen LogP contribution in [-0.2, 0) is 0 Å². The van der Waals surface area contributed by atoms with Crippen LogP contribution in [0.5, 0.6) is 0 Å². The van der Waals surface area contributed by atoms with E-state index >= 15 is 0 Å². The molecule has 0 aromatic carbocycles. The van der Waals surface area contributed by atoms with E-state index in [2.05, 4.69) is 51.8 Å². The van der Waals surface area contributed by atoms with Crippen molar-refractivity contribution in [3.8, 4) is 0 Å². The summed E-state index contributed by atoms with van der Waals surface area (Å²) in [5.74, 6) is 0. The molecule has 0 aromatic heterocycles. The summed E-state index contributed by atoms with van der Waals surface area (Å²) in [6.45, 7) is 17.9. The van der Waals surface area contributed by atoms with Gasteiger partial charge in [0.1, 0.15) is 0 Å². The molecule has 1 unspecified atom stereocenters.